The minimum atomic E-state index is -0.603. The molecule has 0 amide bonds. The number of esters is 1. The fourth-order valence-electron chi connectivity index (χ4n) is 1.94. The Morgan fingerprint density at radius 1 is 1.04 bits per heavy atom. The number of hydrogen-bond donors (Lipinski definition) is 0. The van der Waals surface area contributed by atoms with Gasteiger partial charge >= 0.3 is 5.97 Å². The highest BCUT2D eigenvalue weighted by molar-refractivity contribution is 9.10. The van der Waals surface area contributed by atoms with E-state index in [0.29, 0.717) is 11.3 Å². The highest BCUT2D eigenvalue weighted by Gasteiger charge is 2.18. The molecule has 0 aliphatic heterocycles. The van der Waals surface area contributed by atoms with Crippen molar-refractivity contribution in [2.24, 2.45) is 4.99 Å². The van der Waals surface area contributed by atoms with Crippen LogP contribution in [0.2, 0.25) is 0 Å². The van der Waals surface area contributed by atoms with Crippen LogP contribution in [0.5, 0.6) is 0 Å². The van der Waals surface area contributed by atoms with Crippen molar-refractivity contribution in [2.75, 3.05) is 7.11 Å². The number of aryl methyl sites for hydroxylation is 1. The van der Waals surface area contributed by atoms with E-state index < -0.39 is 5.97 Å². The number of hydrogen-bond acceptors (Lipinski definition) is 4. The van der Waals surface area contributed by atoms with Crippen molar-refractivity contribution >= 4 is 39.1 Å². The van der Waals surface area contributed by atoms with E-state index in [9.17, 15) is 9.59 Å². The molecule has 118 valence electrons. The van der Waals surface area contributed by atoms with Crippen LogP contribution in [0.4, 0.5) is 5.69 Å². The summed E-state index contributed by atoms with van der Waals surface area (Å²) >= 11 is 3.34. The van der Waals surface area contributed by atoms with Crippen LogP contribution in [0.15, 0.2) is 58.0 Å². The fraction of sp³-hybridized carbons (Fsp3) is 0.167. The second-order valence-corrected chi connectivity index (χ2v) is 5.91. The number of methoxy groups -OCH3 is 1. The number of aliphatic imine (C=N–C) groups is 1. The summed E-state index contributed by atoms with van der Waals surface area (Å²) in [4.78, 5) is 28.5. The number of carbonyl (C=O) groups excluding carboxylic acids is 2. The number of Topliss-reactive ketones (excluding diaryl/α,β-unsaturated/α-hetero) is 1. The first-order valence-electron chi connectivity index (χ1n) is 7.01. The van der Waals surface area contributed by atoms with E-state index in [-0.39, 0.29) is 17.9 Å². The predicted octanol–water partition coefficient (Wildman–Crippen LogP) is 4.28. The van der Waals surface area contributed by atoms with Gasteiger partial charge in [0.05, 0.1) is 19.2 Å². The van der Waals surface area contributed by atoms with Gasteiger partial charge in [0.25, 0.3) is 0 Å². The molecule has 0 saturated carbocycles. The van der Waals surface area contributed by atoms with Crippen molar-refractivity contribution in [2.45, 2.75) is 13.3 Å². The quantitative estimate of drug-likeness (QED) is 0.446. The van der Waals surface area contributed by atoms with E-state index in [2.05, 4.69) is 20.9 Å². The summed E-state index contributed by atoms with van der Waals surface area (Å²) < 4.78 is 5.64. The molecule has 4 nitrogen and oxygen atoms in total. The van der Waals surface area contributed by atoms with E-state index >= 15 is 0 Å². The highest BCUT2D eigenvalue weighted by atomic mass is 79.9. The first-order chi connectivity index (χ1) is 11.0. The van der Waals surface area contributed by atoms with Gasteiger partial charge in [-0.15, -0.1) is 0 Å². The van der Waals surface area contributed by atoms with Gasteiger partial charge in [0.15, 0.2) is 5.78 Å². The van der Waals surface area contributed by atoms with E-state index in [1.807, 2.05) is 31.2 Å². The Morgan fingerprint density at radius 3 is 2.22 bits per heavy atom. The molecule has 2 rings (SSSR count). The van der Waals surface area contributed by atoms with Gasteiger partial charge in [-0.25, -0.2) is 9.79 Å². The molecule has 2 aromatic rings. The van der Waals surface area contributed by atoms with Crippen LogP contribution in [0, 0.1) is 6.92 Å². The van der Waals surface area contributed by atoms with E-state index in [1.165, 1.54) is 7.11 Å². The van der Waals surface area contributed by atoms with Crippen LogP contribution in [-0.4, -0.2) is 24.6 Å². The number of carbonyl (C=O) groups is 2. The van der Waals surface area contributed by atoms with Crippen LogP contribution in [0.25, 0.3) is 0 Å². The van der Waals surface area contributed by atoms with Crippen molar-refractivity contribution in [3.8, 4) is 0 Å². The zero-order valence-electron chi connectivity index (χ0n) is 12.9. The molecule has 0 bridgehead atoms. The lowest BCUT2D eigenvalue weighted by molar-refractivity contribution is -0.132. The zero-order chi connectivity index (χ0) is 16.8. The van der Waals surface area contributed by atoms with Crippen molar-refractivity contribution in [3.63, 3.8) is 0 Å². The average Bonchev–Trinajstić information content (AvgIpc) is 2.56. The standard InChI is InChI=1S/C18H16BrNO3/c1-12-3-5-13(6-4-12)17(21)11-16(18(22)23-2)20-15-9-7-14(19)8-10-15/h3-10H,11H2,1-2H3. The summed E-state index contributed by atoms with van der Waals surface area (Å²) in [5.41, 5.74) is 2.28. The van der Waals surface area contributed by atoms with Gasteiger partial charge in [0.2, 0.25) is 0 Å². The van der Waals surface area contributed by atoms with Crippen LogP contribution in [0.1, 0.15) is 22.3 Å². The third-order valence-electron chi connectivity index (χ3n) is 3.21. The molecular weight excluding hydrogens is 358 g/mol. The smallest absolute Gasteiger partial charge is 0.352 e. The third kappa shape index (κ3) is 4.86. The summed E-state index contributed by atoms with van der Waals surface area (Å²) in [6.07, 6.45) is -0.105. The third-order valence-corrected chi connectivity index (χ3v) is 3.74. The molecule has 0 unspecified atom stereocenters. The molecule has 0 atom stereocenters. The van der Waals surface area contributed by atoms with Gasteiger partial charge < -0.3 is 4.74 Å². The molecule has 0 fully saturated rings. The normalized spacial score (nSPS) is 11.2. The van der Waals surface area contributed by atoms with Gasteiger partial charge in [0.1, 0.15) is 5.71 Å². The number of ketones is 1. The summed E-state index contributed by atoms with van der Waals surface area (Å²) in [6, 6.07) is 14.3. The van der Waals surface area contributed by atoms with Crippen LogP contribution < -0.4 is 0 Å². The maximum Gasteiger partial charge on any atom is 0.352 e. The van der Waals surface area contributed by atoms with Gasteiger partial charge in [-0.1, -0.05) is 45.8 Å². The van der Waals surface area contributed by atoms with Gasteiger partial charge in [-0.2, -0.15) is 0 Å². The minimum Gasteiger partial charge on any atom is -0.465 e. The van der Waals surface area contributed by atoms with Crippen molar-refractivity contribution in [1.82, 2.24) is 0 Å². The summed E-state index contributed by atoms with van der Waals surface area (Å²) in [7, 11) is 1.27. The van der Waals surface area contributed by atoms with Gasteiger partial charge in [-0.05, 0) is 31.2 Å². The Morgan fingerprint density at radius 2 is 1.65 bits per heavy atom. The Hall–Kier alpha value is -2.27. The monoisotopic (exact) mass is 373 g/mol. The van der Waals surface area contributed by atoms with Gasteiger partial charge in [-0.3, -0.25) is 4.79 Å². The zero-order valence-corrected chi connectivity index (χ0v) is 14.5. The van der Waals surface area contributed by atoms with Crippen LogP contribution >= 0.6 is 15.9 Å². The lowest BCUT2D eigenvalue weighted by atomic mass is 10.0. The van der Waals surface area contributed by atoms with Gasteiger partial charge in [0, 0.05) is 10.0 Å². The molecule has 0 spiro atoms. The molecule has 5 heteroatoms. The SMILES string of the molecule is COC(=O)C(CC(=O)c1ccc(C)cc1)=Nc1ccc(Br)cc1. The molecule has 0 heterocycles. The van der Waals surface area contributed by atoms with Crippen molar-refractivity contribution in [3.05, 3.63) is 64.1 Å². The molecule has 0 aliphatic rings. The van der Waals surface area contributed by atoms with Crippen molar-refractivity contribution < 1.29 is 14.3 Å². The summed E-state index contributed by atoms with van der Waals surface area (Å²) in [5, 5.41) is 0. The first kappa shape index (κ1) is 17.1. The van der Waals surface area contributed by atoms with E-state index in [0.717, 1.165) is 10.0 Å². The lowest BCUT2D eigenvalue weighted by Crippen LogP contribution is -2.19. The molecule has 0 N–H and O–H groups in total. The number of halogens is 1. The second-order valence-electron chi connectivity index (χ2n) is 4.99. The number of benzene rings is 2. The highest BCUT2D eigenvalue weighted by Crippen LogP contribution is 2.18. The Kier molecular flexibility index (Phi) is 5.82. The number of rotatable bonds is 5. The average molecular weight is 374 g/mol. The Balaban J connectivity index is 2.25. The predicted molar refractivity (Wildman–Crippen MR) is 93.4 cm³/mol. The first-order valence-corrected chi connectivity index (χ1v) is 7.80. The molecule has 2 aromatic carbocycles. The van der Waals surface area contributed by atoms with Crippen molar-refractivity contribution in [1.29, 1.82) is 0 Å². The molecule has 0 aliphatic carbocycles. The van der Waals surface area contributed by atoms with E-state index in [4.69, 9.17) is 4.74 Å². The molecular formula is C18H16BrNO3. The Labute approximate surface area is 143 Å². The maximum absolute atomic E-state index is 12.3. The second kappa shape index (κ2) is 7.83. The fourth-order valence-corrected chi connectivity index (χ4v) is 2.20. The number of nitrogens with zero attached hydrogens (tertiary/aromatic N) is 1. The Bertz CT molecular complexity index is 734. The topological polar surface area (TPSA) is 55.7 Å². The van der Waals surface area contributed by atoms with Crippen LogP contribution in [-0.2, 0) is 9.53 Å². The lowest BCUT2D eigenvalue weighted by Gasteiger charge is -2.05. The van der Waals surface area contributed by atoms with E-state index in [1.54, 1.807) is 24.3 Å². The largest absolute Gasteiger partial charge is 0.465 e. The molecule has 0 saturated heterocycles. The number of ether oxygens (including phenoxy) is 1. The molecule has 0 radical (unpaired) electrons. The molecule has 0 aromatic heterocycles. The minimum absolute atomic E-state index is 0.0837. The molecule has 23 heavy (non-hydrogen) atoms. The van der Waals surface area contributed by atoms with Crippen LogP contribution in [0.3, 0.4) is 0 Å². The summed E-state index contributed by atoms with van der Waals surface area (Å²) in [5.74, 6) is -0.778. The summed E-state index contributed by atoms with van der Waals surface area (Å²) in [6.45, 7) is 1.95. The maximum atomic E-state index is 12.3.